The molecule has 7 nitrogen and oxygen atoms in total. The lowest BCUT2D eigenvalue weighted by Crippen LogP contribution is -2.49. The third kappa shape index (κ3) is 5.69. The van der Waals surface area contributed by atoms with E-state index in [1.165, 1.54) is 0 Å². The first-order chi connectivity index (χ1) is 7.28. The first kappa shape index (κ1) is 14.9. The summed E-state index contributed by atoms with van der Waals surface area (Å²) in [6, 6.07) is 0. The summed E-state index contributed by atoms with van der Waals surface area (Å²) < 4.78 is 0. The molecule has 0 heterocycles. The van der Waals surface area contributed by atoms with Crippen LogP contribution >= 0.6 is 0 Å². The van der Waals surface area contributed by atoms with E-state index in [0.717, 1.165) is 0 Å². The third-order valence-corrected chi connectivity index (χ3v) is 2.23. The molecule has 6 N–H and O–H groups in total. The van der Waals surface area contributed by atoms with Crippen LogP contribution in [0.2, 0.25) is 6.32 Å². The number of aliphatic carboxylic acids is 2. The molecular weight excluding hydrogens is 217 g/mol. The molecule has 0 saturated carbocycles. The van der Waals surface area contributed by atoms with E-state index in [2.05, 4.69) is 0 Å². The molecule has 0 saturated heterocycles. The van der Waals surface area contributed by atoms with Gasteiger partial charge >= 0.3 is 19.1 Å². The lowest BCUT2D eigenvalue weighted by atomic mass is 9.81. The molecule has 0 bridgehead atoms. The molecule has 0 radical (unpaired) electrons. The third-order valence-electron chi connectivity index (χ3n) is 2.23. The van der Waals surface area contributed by atoms with E-state index in [0.29, 0.717) is 12.8 Å². The van der Waals surface area contributed by atoms with Crippen LogP contribution < -0.4 is 5.73 Å². The van der Waals surface area contributed by atoms with Crippen LogP contribution in [0.4, 0.5) is 0 Å². The van der Waals surface area contributed by atoms with Gasteiger partial charge in [0, 0.05) is 0 Å². The predicted molar refractivity (Wildman–Crippen MR) is 55.7 cm³/mol. The molecule has 0 aliphatic rings. The van der Waals surface area contributed by atoms with Crippen molar-refractivity contribution in [3.05, 3.63) is 0 Å². The topological polar surface area (TPSA) is 141 Å². The number of carboxylic acid groups (broad SMARTS) is 2. The Hall–Kier alpha value is -1.12. The van der Waals surface area contributed by atoms with E-state index < -0.39 is 31.0 Å². The maximum absolute atomic E-state index is 10.8. The highest BCUT2D eigenvalue weighted by molar-refractivity contribution is 6.40. The lowest BCUT2D eigenvalue weighted by Gasteiger charge is -2.22. The van der Waals surface area contributed by atoms with Gasteiger partial charge in [-0.3, -0.25) is 9.59 Å². The quantitative estimate of drug-likeness (QED) is 0.264. The molecule has 0 aromatic rings. The van der Waals surface area contributed by atoms with Crippen molar-refractivity contribution in [2.45, 2.75) is 37.5 Å². The van der Waals surface area contributed by atoms with Crippen molar-refractivity contribution in [3.8, 4) is 0 Å². The fourth-order valence-electron chi connectivity index (χ4n) is 1.31. The van der Waals surface area contributed by atoms with Crippen LogP contribution in [0.25, 0.3) is 0 Å². The first-order valence-corrected chi connectivity index (χ1v) is 4.88. The predicted octanol–water partition coefficient (Wildman–Crippen LogP) is -1.11. The van der Waals surface area contributed by atoms with Crippen LogP contribution in [-0.2, 0) is 9.59 Å². The molecule has 0 rings (SSSR count). The average molecular weight is 233 g/mol. The van der Waals surface area contributed by atoms with Crippen molar-refractivity contribution in [1.29, 1.82) is 0 Å². The molecule has 0 aromatic carbocycles. The van der Waals surface area contributed by atoms with E-state index in [1.54, 1.807) is 0 Å². The van der Waals surface area contributed by atoms with E-state index in [4.69, 9.17) is 26.0 Å². The fraction of sp³-hybridized carbons (Fsp3) is 0.750. The number of unbranched alkanes of at least 4 members (excludes halogenated alkanes) is 1. The Kier molecular flexibility index (Phi) is 6.01. The maximum atomic E-state index is 10.8. The Labute approximate surface area is 93.0 Å². The number of nitrogens with two attached hydrogens (primary N) is 1. The van der Waals surface area contributed by atoms with Gasteiger partial charge in [0.05, 0.1) is 6.42 Å². The fourth-order valence-corrected chi connectivity index (χ4v) is 1.31. The molecule has 0 amide bonds. The van der Waals surface area contributed by atoms with Crippen LogP contribution in [0.1, 0.15) is 25.7 Å². The highest BCUT2D eigenvalue weighted by atomic mass is 16.4. The molecule has 0 aliphatic heterocycles. The lowest BCUT2D eigenvalue weighted by molar-refractivity contribution is -0.150. The molecule has 92 valence electrons. The Morgan fingerprint density at radius 1 is 1.19 bits per heavy atom. The van der Waals surface area contributed by atoms with Gasteiger partial charge < -0.3 is 26.0 Å². The van der Waals surface area contributed by atoms with Gasteiger partial charge in [-0.2, -0.15) is 0 Å². The van der Waals surface area contributed by atoms with Gasteiger partial charge in [0.15, 0.2) is 0 Å². The standard InChI is InChI=1S/C8H16BNO6/c10-8(7(13)14,5-6(11)12)3-1-2-4-9(15)16/h15-16H,1-5,10H2,(H,11,12)(H,13,14)/t8-/m0/s1. The second-order valence-corrected chi connectivity index (χ2v) is 3.76. The van der Waals surface area contributed by atoms with Crippen molar-refractivity contribution >= 4 is 19.1 Å². The zero-order valence-electron chi connectivity index (χ0n) is 8.80. The second kappa shape index (κ2) is 6.46. The Morgan fingerprint density at radius 2 is 1.75 bits per heavy atom. The van der Waals surface area contributed by atoms with Gasteiger partial charge in [-0.05, 0) is 12.7 Å². The van der Waals surface area contributed by atoms with Crippen LogP contribution in [0.5, 0.6) is 0 Å². The normalized spacial score (nSPS) is 14.2. The Balaban J connectivity index is 4.13. The molecule has 8 heteroatoms. The summed E-state index contributed by atoms with van der Waals surface area (Å²) in [5.41, 5.74) is 3.67. The minimum absolute atomic E-state index is 0.0125. The van der Waals surface area contributed by atoms with Gasteiger partial charge in [-0.25, -0.2) is 0 Å². The highest BCUT2D eigenvalue weighted by Crippen LogP contribution is 2.17. The average Bonchev–Trinajstić information content (AvgIpc) is 2.10. The SMILES string of the molecule is N[C@@](CCCCB(O)O)(CC(=O)O)C(=O)O. The van der Waals surface area contributed by atoms with Crippen molar-refractivity contribution in [2.75, 3.05) is 0 Å². The van der Waals surface area contributed by atoms with E-state index in [1.807, 2.05) is 0 Å². The zero-order chi connectivity index (χ0) is 12.8. The highest BCUT2D eigenvalue weighted by Gasteiger charge is 2.35. The number of carboxylic acids is 2. The van der Waals surface area contributed by atoms with Gasteiger partial charge in [-0.1, -0.05) is 12.8 Å². The summed E-state index contributed by atoms with van der Waals surface area (Å²) in [5, 5.41) is 34.4. The van der Waals surface area contributed by atoms with E-state index in [-0.39, 0.29) is 12.7 Å². The van der Waals surface area contributed by atoms with Crippen LogP contribution in [0.15, 0.2) is 0 Å². The maximum Gasteiger partial charge on any atom is 0.451 e. The number of carbonyl (C=O) groups is 2. The molecule has 0 fully saturated rings. The summed E-state index contributed by atoms with van der Waals surface area (Å²) in [6.07, 6.45) is 0.158. The van der Waals surface area contributed by atoms with Crippen molar-refractivity contribution < 1.29 is 29.9 Å². The van der Waals surface area contributed by atoms with Crippen molar-refractivity contribution in [3.63, 3.8) is 0 Å². The van der Waals surface area contributed by atoms with Crippen molar-refractivity contribution in [2.24, 2.45) is 5.73 Å². The van der Waals surface area contributed by atoms with E-state index >= 15 is 0 Å². The Bertz CT molecular complexity index is 259. The first-order valence-electron chi connectivity index (χ1n) is 4.88. The second-order valence-electron chi connectivity index (χ2n) is 3.76. The monoisotopic (exact) mass is 233 g/mol. The van der Waals surface area contributed by atoms with Gasteiger partial charge in [0.1, 0.15) is 5.54 Å². The Morgan fingerprint density at radius 3 is 2.12 bits per heavy atom. The summed E-state index contributed by atoms with van der Waals surface area (Å²) >= 11 is 0. The van der Waals surface area contributed by atoms with Crippen LogP contribution in [0.3, 0.4) is 0 Å². The number of hydrogen-bond donors (Lipinski definition) is 5. The number of hydrogen-bond acceptors (Lipinski definition) is 5. The molecule has 0 aliphatic carbocycles. The minimum atomic E-state index is -1.79. The van der Waals surface area contributed by atoms with Crippen LogP contribution in [0, 0.1) is 0 Å². The minimum Gasteiger partial charge on any atom is -0.481 e. The zero-order valence-corrected chi connectivity index (χ0v) is 8.80. The summed E-state index contributed by atoms with van der Waals surface area (Å²) in [5.74, 6) is -2.63. The van der Waals surface area contributed by atoms with Gasteiger partial charge in [-0.15, -0.1) is 0 Å². The van der Waals surface area contributed by atoms with Crippen molar-refractivity contribution in [1.82, 2.24) is 0 Å². The molecule has 0 aromatic heterocycles. The number of rotatable bonds is 8. The van der Waals surface area contributed by atoms with Gasteiger partial charge in [0.25, 0.3) is 0 Å². The molecule has 1 atom stereocenters. The molecule has 0 spiro atoms. The summed E-state index contributed by atoms with van der Waals surface area (Å²) in [7, 11) is -1.43. The summed E-state index contributed by atoms with van der Waals surface area (Å²) in [4.78, 5) is 21.2. The van der Waals surface area contributed by atoms with Crippen LogP contribution in [-0.4, -0.2) is 44.9 Å². The largest absolute Gasteiger partial charge is 0.481 e. The molecule has 16 heavy (non-hydrogen) atoms. The smallest absolute Gasteiger partial charge is 0.451 e. The van der Waals surface area contributed by atoms with E-state index in [9.17, 15) is 9.59 Å². The molecular formula is C8H16BNO6. The van der Waals surface area contributed by atoms with Gasteiger partial charge in [0.2, 0.25) is 0 Å². The molecule has 0 unspecified atom stereocenters. The summed E-state index contributed by atoms with van der Waals surface area (Å²) in [6.45, 7) is 0.